The van der Waals surface area contributed by atoms with E-state index in [1.54, 1.807) is 12.1 Å². The zero-order valence-electron chi connectivity index (χ0n) is 15.2. The van der Waals surface area contributed by atoms with Crippen molar-refractivity contribution in [2.45, 2.75) is 44.1 Å². The van der Waals surface area contributed by atoms with Gasteiger partial charge in [0.1, 0.15) is 17.3 Å². The Kier molecular flexibility index (Phi) is 3.96. The first-order valence-corrected chi connectivity index (χ1v) is 9.58. The molecule has 2 fully saturated rings. The molecule has 0 atom stereocenters. The van der Waals surface area contributed by atoms with Crippen molar-refractivity contribution in [3.63, 3.8) is 0 Å². The lowest BCUT2D eigenvalue weighted by atomic mass is 10.1. The number of rotatable bonds is 5. The maximum absolute atomic E-state index is 14.6. The highest BCUT2D eigenvalue weighted by molar-refractivity contribution is 5.40. The van der Waals surface area contributed by atoms with E-state index in [0.717, 1.165) is 54.6 Å². The van der Waals surface area contributed by atoms with Crippen molar-refractivity contribution < 1.29 is 13.2 Å². The first-order chi connectivity index (χ1) is 13.5. The SMILES string of the molecule is O=c1c(C2CC2)c(C2CC2)n(Cc2ccc(F)cc2)n1-c1ccc(F)cc1F. The second-order valence-electron chi connectivity index (χ2n) is 7.74. The standard InChI is InChI=1S/C22H19F3N2O/c23-16-7-1-13(2-8-16)12-26-21(15-5-6-15)20(14-3-4-14)22(28)27(26)19-10-9-17(24)11-18(19)25/h1-2,7-11,14-15H,3-6,12H2. The monoisotopic (exact) mass is 384 g/mol. The Morgan fingerprint density at radius 1 is 0.857 bits per heavy atom. The van der Waals surface area contributed by atoms with Crippen LogP contribution in [0.1, 0.15) is 54.3 Å². The summed E-state index contributed by atoms with van der Waals surface area (Å²) in [4.78, 5) is 13.3. The van der Waals surface area contributed by atoms with Gasteiger partial charge in [-0.15, -0.1) is 0 Å². The molecule has 0 spiro atoms. The van der Waals surface area contributed by atoms with Crippen molar-refractivity contribution in [3.05, 3.63) is 87.1 Å². The lowest BCUT2D eigenvalue weighted by molar-refractivity contribution is 0.527. The summed E-state index contributed by atoms with van der Waals surface area (Å²) in [6, 6.07) is 9.34. The van der Waals surface area contributed by atoms with Gasteiger partial charge in [-0.3, -0.25) is 9.48 Å². The van der Waals surface area contributed by atoms with E-state index in [-0.39, 0.29) is 28.9 Å². The van der Waals surface area contributed by atoms with Gasteiger partial charge >= 0.3 is 0 Å². The Hall–Kier alpha value is -2.76. The van der Waals surface area contributed by atoms with Crippen LogP contribution in [0.15, 0.2) is 47.3 Å². The molecule has 2 aliphatic rings. The van der Waals surface area contributed by atoms with Crippen LogP contribution in [-0.2, 0) is 6.54 Å². The van der Waals surface area contributed by atoms with Gasteiger partial charge in [0, 0.05) is 23.2 Å². The summed E-state index contributed by atoms with van der Waals surface area (Å²) in [5.74, 6) is -1.29. The zero-order valence-corrected chi connectivity index (χ0v) is 15.2. The third-order valence-corrected chi connectivity index (χ3v) is 5.55. The molecule has 0 N–H and O–H groups in total. The predicted molar refractivity (Wildman–Crippen MR) is 99.4 cm³/mol. The fraction of sp³-hybridized carbons (Fsp3) is 0.318. The van der Waals surface area contributed by atoms with E-state index in [2.05, 4.69) is 0 Å². The van der Waals surface area contributed by atoms with Gasteiger partial charge in [0.2, 0.25) is 0 Å². The number of nitrogens with zero attached hydrogens (tertiary/aromatic N) is 2. The molecule has 2 aliphatic carbocycles. The van der Waals surface area contributed by atoms with E-state index in [0.29, 0.717) is 6.54 Å². The van der Waals surface area contributed by atoms with E-state index in [1.165, 1.54) is 22.9 Å². The van der Waals surface area contributed by atoms with Crippen LogP contribution >= 0.6 is 0 Å². The largest absolute Gasteiger partial charge is 0.277 e. The van der Waals surface area contributed by atoms with Crippen LogP contribution in [-0.4, -0.2) is 9.36 Å². The smallest absolute Gasteiger partial charge is 0.275 e. The minimum atomic E-state index is -0.773. The summed E-state index contributed by atoms with van der Waals surface area (Å²) < 4.78 is 44.5. The van der Waals surface area contributed by atoms with E-state index in [1.807, 2.05) is 4.68 Å². The molecule has 1 heterocycles. The van der Waals surface area contributed by atoms with Crippen LogP contribution < -0.4 is 5.56 Å². The van der Waals surface area contributed by atoms with Gasteiger partial charge in [-0.1, -0.05) is 12.1 Å². The minimum absolute atomic E-state index is 0.0438. The van der Waals surface area contributed by atoms with E-state index >= 15 is 0 Å². The molecule has 3 nitrogen and oxygen atoms in total. The summed E-state index contributed by atoms with van der Waals surface area (Å²) in [5.41, 5.74) is 2.37. The maximum atomic E-state index is 14.6. The van der Waals surface area contributed by atoms with Gasteiger partial charge in [0.25, 0.3) is 5.56 Å². The molecule has 0 bridgehead atoms. The van der Waals surface area contributed by atoms with Gasteiger partial charge < -0.3 is 0 Å². The number of aromatic nitrogens is 2. The molecular weight excluding hydrogens is 365 g/mol. The minimum Gasteiger partial charge on any atom is -0.277 e. The van der Waals surface area contributed by atoms with Crippen molar-refractivity contribution in [1.29, 1.82) is 0 Å². The fourth-order valence-electron chi connectivity index (χ4n) is 3.93. The highest BCUT2D eigenvalue weighted by atomic mass is 19.1. The lowest BCUT2D eigenvalue weighted by Crippen LogP contribution is -2.24. The molecule has 5 rings (SSSR count). The Balaban J connectivity index is 1.73. The van der Waals surface area contributed by atoms with Crippen LogP contribution in [0.25, 0.3) is 5.69 Å². The van der Waals surface area contributed by atoms with Crippen molar-refractivity contribution in [2.75, 3.05) is 0 Å². The molecule has 1 aromatic heterocycles. The average molecular weight is 384 g/mol. The van der Waals surface area contributed by atoms with Crippen molar-refractivity contribution >= 4 is 0 Å². The molecule has 2 aromatic carbocycles. The van der Waals surface area contributed by atoms with Gasteiger partial charge in [-0.25, -0.2) is 17.9 Å². The van der Waals surface area contributed by atoms with Crippen LogP contribution in [0.2, 0.25) is 0 Å². The molecule has 2 saturated carbocycles. The van der Waals surface area contributed by atoms with Crippen LogP contribution in [0.3, 0.4) is 0 Å². The molecule has 3 aromatic rings. The summed E-state index contributed by atoms with van der Waals surface area (Å²) in [7, 11) is 0. The van der Waals surface area contributed by atoms with Crippen LogP contribution in [0.4, 0.5) is 13.2 Å². The summed E-state index contributed by atoms with van der Waals surface area (Å²) in [6.45, 7) is 0.324. The summed E-state index contributed by atoms with van der Waals surface area (Å²) in [5, 5.41) is 0. The Bertz CT molecular complexity index is 1110. The van der Waals surface area contributed by atoms with Crippen LogP contribution in [0, 0.1) is 17.5 Å². The molecule has 0 radical (unpaired) electrons. The van der Waals surface area contributed by atoms with E-state index < -0.39 is 11.6 Å². The second kappa shape index (κ2) is 6.40. The lowest BCUT2D eigenvalue weighted by Gasteiger charge is -2.16. The Labute approximate surface area is 160 Å². The molecule has 0 amide bonds. The first-order valence-electron chi connectivity index (χ1n) is 9.58. The second-order valence-corrected chi connectivity index (χ2v) is 7.74. The Morgan fingerprint density at radius 2 is 1.50 bits per heavy atom. The quantitative estimate of drug-likeness (QED) is 0.617. The molecule has 6 heteroatoms. The maximum Gasteiger partial charge on any atom is 0.275 e. The normalized spacial score (nSPS) is 16.5. The van der Waals surface area contributed by atoms with Crippen molar-refractivity contribution in [1.82, 2.24) is 9.36 Å². The number of hydrogen-bond acceptors (Lipinski definition) is 1. The number of hydrogen-bond donors (Lipinski definition) is 0. The first kappa shape index (κ1) is 17.3. The van der Waals surface area contributed by atoms with Crippen molar-refractivity contribution in [3.8, 4) is 5.69 Å². The average Bonchev–Trinajstić information content (AvgIpc) is 3.57. The molecular formula is C22H19F3N2O. The van der Waals surface area contributed by atoms with Crippen molar-refractivity contribution in [2.24, 2.45) is 0 Å². The van der Waals surface area contributed by atoms with E-state index in [4.69, 9.17) is 0 Å². The van der Waals surface area contributed by atoms with Gasteiger partial charge in [-0.05, 0) is 61.4 Å². The number of benzene rings is 2. The molecule has 0 unspecified atom stereocenters. The third-order valence-electron chi connectivity index (χ3n) is 5.55. The number of halogens is 3. The van der Waals surface area contributed by atoms with Gasteiger partial charge in [-0.2, -0.15) is 0 Å². The Morgan fingerprint density at radius 3 is 2.11 bits per heavy atom. The summed E-state index contributed by atoms with van der Waals surface area (Å²) >= 11 is 0. The van der Waals surface area contributed by atoms with E-state index in [9.17, 15) is 18.0 Å². The highest BCUT2D eigenvalue weighted by Crippen LogP contribution is 2.48. The highest BCUT2D eigenvalue weighted by Gasteiger charge is 2.40. The molecule has 0 saturated heterocycles. The predicted octanol–water partition coefficient (Wildman–Crippen LogP) is 4.86. The molecule has 0 aliphatic heterocycles. The fourth-order valence-corrected chi connectivity index (χ4v) is 3.93. The van der Waals surface area contributed by atoms with Gasteiger partial charge in [0.05, 0.1) is 6.54 Å². The molecule has 28 heavy (non-hydrogen) atoms. The topological polar surface area (TPSA) is 26.9 Å². The van der Waals surface area contributed by atoms with Crippen LogP contribution in [0.5, 0.6) is 0 Å². The van der Waals surface area contributed by atoms with Gasteiger partial charge in [0.15, 0.2) is 5.82 Å². The zero-order chi connectivity index (χ0) is 19.4. The molecule has 144 valence electrons. The third kappa shape index (κ3) is 2.97. The summed E-state index contributed by atoms with van der Waals surface area (Å²) in [6.07, 6.45) is 3.92.